The predicted octanol–water partition coefficient (Wildman–Crippen LogP) is 2.69. The van der Waals surface area contributed by atoms with Crippen LogP contribution in [0.25, 0.3) is 0 Å². The molecule has 0 unspecified atom stereocenters. The fourth-order valence-electron chi connectivity index (χ4n) is 3.94. The Morgan fingerprint density at radius 1 is 1.17 bits per heavy atom. The number of carbonyl (C=O) groups excluding carboxylic acids is 1. The molecule has 1 aromatic heterocycles. The van der Waals surface area contributed by atoms with E-state index in [0.29, 0.717) is 18.8 Å². The van der Waals surface area contributed by atoms with Gasteiger partial charge in [0.2, 0.25) is 5.91 Å². The molecule has 4 rings (SSSR count). The molecular formula is C19H18N2O3. The summed E-state index contributed by atoms with van der Waals surface area (Å²) >= 11 is 0. The summed E-state index contributed by atoms with van der Waals surface area (Å²) in [4.78, 5) is 30.4. The molecule has 122 valence electrons. The molecule has 0 radical (unpaired) electrons. The van der Waals surface area contributed by atoms with Gasteiger partial charge in [0.05, 0.1) is 11.0 Å². The average molecular weight is 322 g/mol. The van der Waals surface area contributed by atoms with Gasteiger partial charge in [-0.05, 0) is 61.1 Å². The number of carboxylic acids is 1. The number of carboxylic acid groups (broad SMARTS) is 1. The minimum atomic E-state index is -0.926. The Kier molecular flexibility index (Phi) is 3.37. The number of pyridine rings is 1. The van der Waals surface area contributed by atoms with Crippen molar-refractivity contribution in [2.75, 3.05) is 11.4 Å². The Labute approximate surface area is 139 Å². The molecule has 5 heteroatoms. The van der Waals surface area contributed by atoms with Crippen LogP contribution in [-0.4, -0.2) is 28.5 Å². The van der Waals surface area contributed by atoms with Gasteiger partial charge < -0.3 is 5.11 Å². The molecule has 1 saturated heterocycles. The van der Waals surface area contributed by atoms with Crippen LogP contribution >= 0.6 is 0 Å². The normalized spacial score (nSPS) is 22.7. The number of hydrogen-bond donors (Lipinski definition) is 1. The molecule has 1 aliphatic heterocycles. The second-order valence-electron chi connectivity index (χ2n) is 6.64. The second-order valence-corrected chi connectivity index (χ2v) is 6.64. The molecule has 1 amide bonds. The van der Waals surface area contributed by atoms with Crippen LogP contribution in [-0.2, 0) is 17.6 Å². The van der Waals surface area contributed by atoms with E-state index < -0.39 is 11.4 Å². The van der Waals surface area contributed by atoms with Crippen molar-refractivity contribution in [3.63, 3.8) is 0 Å². The molecule has 1 aliphatic carbocycles. The van der Waals surface area contributed by atoms with Gasteiger partial charge in [-0.3, -0.25) is 9.69 Å². The Balaban J connectivity index is 1.65. The summed E-state index contributed by atoms with van der Waals surface area (Å²) in [5.41, 5.74) is 2.03. The smallest absolute Gasteiger partial charge is 0.335 e. The zero-order valence-electron chi connectivity index (χ0n) is 13.2. The summed E-state index contributed by atoms with van der Waals surface area (Å²) < 4.78 is 0. The first-order valence-corrected chi connectivity index (χ1v) is 8.17. The van der Waals surface area contributed by atoms with Crippen molar-refractivity contribution in [2.45, 2.75) is 25.7 Å². The minimum Gasteiger partial charge on any atom is -0.478 e. The van der Waals surface area contributed by atoms with Gasteiger partial charge in [0.15, 0.2) is 0 Å². The van der Waals surface area contributed by atoms with Gasteiger partial charge in [-0.1, -0.05) is 12.1 Å². The van der Waals surface area contributed by atoms with Gasteiger partial charge in [-0.15, -0.1) is 0 Å². The quantitative estimate of drug-likeness (QED) is 0.923. The number of rotatable bonds is 2. The lowest BCUT2D eigenvalue weighted by Gasteiger charge is -2.33. The van der Waals surface area contributed by atoms with E-state index in [1.165, 1.54) is 0 Å². The molecule has 1 aromatic carbocycles. The number of amides is 1. The number of fused-ring (bicyclic) bond motifs is 1. The van der Waals surface area contributed by atoms with E-state index in [1.54, 1.807) is 23.2 Å². The van der Waals surface area contributed by atoms with Crippen molar-refractivity contribution in [1.29, 1.82) is 0 Å². The van der Waals surface area contributed by atoms with Crippen LogP contribution < -0.4 is 4.90 Å². The number of carbonyl (C=O) groups is 2. The summed E-state index contributed by atoms with van der Waals surface area (Å²) in [6.45, 7) is 0.670. The monoisotopic (exact) mass is 322 g/mol. The van der Waals surface area contributed by atoms with Crippen LogP contribution in [0.15, 0.2) is 42.6 Å². The van der Waals surface area contributed by atoms with E-state index in [9.17, 15) is 14.7 Å². The predicted molar refractivity (Wildman–Crippen MR) is 89.1 cm³/mol. The fraction of sp³-hybridized carbons (Fsp3) is 0.316. The molecule has 24 heavy (non-hydrogen) atoms. The Morgan fingerprint density at radius 2 is 2.04 bits per heavy atom. The molecular weight excluding hydrogens is 304 g/mol. The molecule has 0 bridgehead atoms. The first kappa shape index (κ1) is 14.9. The van der Waals surface area contributed by atoms with Crippen LogP contribution in [0.5, 0.6) is 0 Å². The van der Waals surface area contributed by atoms with Crippen LogP contribution in [0.4, 0.5) is 5.82 Å². The van der Waals surface area contributed by atoms with Gasteiger partial charge >= 0.3 is 5.97 Å². The zero-order chi connectivity index (χ0) is 16.7. The van der Waals surface area contributed by atoms with Crippen LogP contribution in [0.1, 0.15) is 34.3 Å². The molecule has 1 spiro atoms. The van der Waals surface area contributed by atoms with Crippen LogP contribution in [0.3, 0.4) is 0 Å². The van der Waals surface area contributed by atoms with E-state index >= 15 is 0 Å². The number of aromatic nitrogens is 1. The highest BCUT2D eigenvalue weighted by molar-refractivity contribution is 5.99. The van der Waals surface area contributed by atoms with E-state index in [-0.39, 0.29) is 11.5 Å². The maximum atomic E-state index is 13.1. The minimum absolute atomic E-state index is 0.118. The third-order valence-corrected chi connectivity index (χ3v) is 5.29. The lowest BCUT2D eigenvalue weighted by atomic mass is 9.70. The van der Waals surface area contributed by atoms with Gasteiger partial charge in [0.25, 0.3) is 0 Å². The molecule has 0 saturated carbocycles. The molecule has 2 heterocycles. The Morgan fingerprint density at radius 3 is 2.79 bits per heavy atom. The average Bonchev–Trinajstić information content (AvgIpc) is 2.91. The summed E-state index contributed by atoms with van der Waals surface area (Å²) in [5, 5.41) is 9.20. The lowest BCUT2D eigenvalue weighted by molar-refractivity contribution is -0.126. The molecule has 2 aromatic rings. The molecule has 1 fully saturated rings. The summed E-state index contributed by atoms with van der Waals surface area (Å²) in [5.74, 6) is -0.109. The van der Waals surface area contributed by atoms with Crippen molar-refractivity contribution in [3.05, 3.63) is 59.3 Å². The first-order valence-electron chi connectivity index (χ1n) is 8.17. The van der Waals surface area contributed by atoms with Gasteiger partial charge in [0.1, 0.15) is 5.82 Å². The summed E-state index contributed by atoms with van der Waals surface area (Å²) in [7, 11) is 0. The second kappa shape index (κ2) is 5.44. The Bertz CT molecular complexity index is 819. The molecule has 1 N–H and O–H groups in total. The maximum Gasteiger partial charge on any atom is 0.335 e. The molecule has 5 nitrogen and oxygen atoms in total. The largest absolute Gasteiger partial charge is 0.478 e. The maximum absolute atomic E-state index is 13.1. The van der Waals surface area contributed by atoms with Crippen molar-refractivity contribution < 1.29 is 14.7 Å². The number of hydrogen-bond acceptors (Lipinski definition) is 3. The first-order chi connectivity index (χ1) is 11.6. The summed E-state index contributed by atoms with van der Waals surface area (Å²) in [6, 6.07) is 10.9. The van der Waals surface area contributed by atoms with E-state index in [2.05, 4.69) is 4.98 Å². The molecule has 2 aliphatic rings. The van der Waals surface area contributed by atoms with Crippen LogP contribution in [0.2, 0.25) is 0 Å². The van der Waals surface area contributed by atoms with Crippen molar-refractivity contribution in [2.24, 2.45) is 5.41 Å². The van der Waals surface area contributed by atoms with E-state index in [0.717, 1.165) is 30.4 Å². The van der Waals surface area contributed by atoms with E-state index in [4.69, 9.17) is 0 Å². The van der Waals surface area contributed by atoms with Gasteiger partial charge in [0, 0.05) is 12.7 Å². The highest BCUT2D eigenvalue weighted by Crippen LogP contribution is 2.44. The standard InChI is InChI=1S/C19H18N2O3/c22-17(23)14-5-4-13-6-7-19(12-15(13)11-14)8-10-21(18(19)24)16-3-1-2-9-20-16/h1-5,9,11H,6-8,10,12H2,(H,22,23)/t19-/m1/s1. The van der Waals surface area contributed by atoms with Gasteiger partial charge in [-0.2, -0.15) is 0 Å². The van der Waals surface area contributed by atoms with Gasteiger partial charge in [-0.25, -0.2) is 9.78 Å². The van der Waals surface area contributed by atoms with Crippen LogP contribution in [0, 0.1) is 5.41 Å². The van der Waals surface area contributed by atoms with Crippen molar-refractivity contribution >= 4 is 17.7 Å². The number of aryl methyl sites for hydroxylation is 1. The number of anilines is 1. The third kappa shape index (κ3) is 2.28. The zero-order valence-corrected chi connectivity index (χ0v) is 13.2. The highest BCUT2D eigenvalue weighted by atomic mass is 16.4. The number of nitrogens with zero attached hydrogens (tertiary/aromatic N) is 2. The van der Waals surface area contributed by atoms with Crippen molar-refractivity contribution in [1.82, 2.24) is 4.98 Å². The number of benzene rings is 1. The summed E-state index contributed by atoms with van der Waals surface area (Å²) in [6.07, 6.45) is 4.74. The van der Waals surface area contributed by atoms with E-state index in [1.807, 2.05) is 24.3 Å². The Hall–Kier alpha value is -2.69. The molecule has 1 atom stereocenters. The van der Waals surface area contributed by atoms with Crippen molar-refractivity contribution in [3.8, 4) is 0 Å². The SMILES string of the molecule is O=C(O)c1ccc2c(c1)C[C@@]1(CC2)CCN(c2ccccn2)C1=O. The third-order valence-electron chi connectivity index (χ3n) is 5.29. The fourth-order valence-corrected chi connectivity index (χ4v) is 3.94. The number of aromatic carboxylic acids is 1. The highest BCUT2D eigenvalue weighted by Gasteiger charge is 2.48. The lowest BCUT2D eigenvalue weighted by Crippen LogP contribution is -2.39. The topological polar surface area (TPSA) is 70.5 Å².